The lowest BCUT2D eigenvalue weighted by atomic mass is 9.93. The smallest absolute Gasteiger partial charge is 0.307 e. The fraction of sp³-hybridized carbons (Fsp3) is 0.562. The van der Waals surface area contributed by atoms with Gasteiger partial charge >= 0.3 is 5.97 Å². The first kappa shape index (κ1) is 15.6. The van der Waals surface area contributed by atoms with Gasteiger partial charge in [0.2, 0.25) is 0 Å². The third-order valence-corrected chi connectivity index (χ3v) is 4.23. The lowest BCUT2D eigenvalue weighted by Crippen LogP contribution is -2.43. The number of carboxylic acids is 1. The topological polar surface area (TPSA) is 59.0 Å². The van der Waals surface area contributed by atoms with E-state index in [4.69, 9.17) is 9.47 Å². The number of methoxy groups -OCH3 is 2. The molecule has 116 valence electrons. The molecular formula is C16H23NO4. The standard InChI is InChI=1S/C16H23NO4/c1-11-4-5-13(16(18)19)10-17(11)9-12-6-7-14(20-2)8-15(12)21-3/h6-8,11,13H,4-5,9-10H2,1-3H3,(H,18,19). The average Bonchev–Trinajstić information content (AvgIpc) is 2.49. The van der Waals surface area contributed by atoms with Crippen molar-refractivity contribution in [1.82, 2.24) is 4.90 Å². The summed E-state index contributed by atoms with van der Waals surface area (Å²) in [6.45, 7) is 3.43. The van der Waals surface area contributed by atoms with Gasteiger partial charge in [0.25, 0.3) is 0 Å². The third kappa shape index (κ3) is 3.67. The van der Waals surface area contributed by atoms with Gasteiger partial charge in [0.05, 0.1) is 20.1 Å². The molecule has 1 aromatic rings. The van der Waals surface area contributed by atoms with Gasteiger partial charge in [-0.05, 0) is 25.8 Å². The van der Waals surface area contributed by atoms with E-state index in [0.29, 0.717) is 19.1 Å². The molecule has 0 bridgehead atoms. The highest BCUT2D eigenvalue weighted by atomic mass is 16.5. The Morgan fingerprint density at radius 3 is 2.71 bits per heavy atom. The van der Waals surface area contributed by atoms with Crippen molar-refractivity contribution < 1.29 is 19.4 Å². The van der Waals surface area contributed by atoms with E-state index in [1.54, 1.807) is 14.2 Å². The number of hydrogen-bond donors (Lipinski definition) is 1. The Kier molecular flexibility index (Phi) is 5.07. The van der Waals surface area contributed by atoms with E-state index in [1.165, 1.54) is 0 Å². The van der Waals surface area contributed by atoms with Gasteiger partial charge in [-0.1, -0.05) is 6.07 Å². The van der Waals surface area contributed by atoms with E-state index in [-0.39, 0.29) is 5.92 Å². The fourth-order valence-electron chi connectivity index (χ4n) is 2.80. The maximum atomic E-state index is 11.2. The van der Waals surface area contributed by atoms with Crippen molar-refractivity contribution in [3.8, 4) is 11.5 Å². The Morgan fingerprint density at radius 2 is 2.10 bits per heavy atom. The van der Waals surface area contributed by atoms with Crippen molar-refractivity contribution in [3.63, 3.8) is 0 Å². The summed E-state index contributed by atoms with van der Waals surface area (Å²) in [7, 11) is 3.26. The zero-order valence-corrected chi connectivity index (χ0v) is 12.8. The number of nitrogens with zero attached hydrogens (tertiary/aromatic N) is 1. The van der Waals surface area contributed by atoms with Crippen LogP contribution in [0.4, 0.5) is 0 Å². The SMILES string of the molecule is COc1ccc(CN2CC(C(=O)O)CCC2C)c(OC)c1. The number of aliphatic carboxylic acids is 1. The number of rotatable bonds is 5. The van der Waals surface area contributed by atoms with Crippen LogP contribution in [0.25, 0.3) is 0 Å². The summed E-state index contributed by atoms with van der Waals surface area (Å²) in [4.78, 5) is 13.4. The molecule has 1 saturated heterocycles. The van der Waals surface area contributed by atoms with Gasteiger partial charge in [-0.15, -0.1) is 0 Å². The molecule has 0 aromatic heterocycles. The summed E-state index contributed by atoms with van der Waals surface area (Å²) in [5.41, 5.74) is 1.05. The van der Waals surface area contributed by atoms with Crippen LogP contribution in [0.3, 0.4) is 0 Å². The molecule has 0 amide bonds. The number of piperidine rings is 1. The van der Waals surface area contributed by atoms with Gasteiger partial charge in [0.15, 0.2) is 0 Å². The first-order valence-corrected chi connectivity index (χ1v) is 7.23. The van der Waals surface area contributed by atoms with Crippen LogP contribution < -0.4 is 9.47 Å². The van der Waals surface area contributed by atoms with Crippen molar-refractivity contribution in [2.45, 2.75) is 32.4 Å². The van der Waals surface area contributed by atoms with Gasteiger partial charge in [0.1, 0.15) is 11.5 Å². The second-order valence-corrected chi connectivity index (χ2v) is 5.57. The molecule has 5 heteroatoms. The largest absolute Gasteiger partial charge is 0.497 e. The molecular weight excluding hydrogens is 270 g/mol. The zero-order valence-electron chi connectivity index (χ0n) is 12.8. The highest BCUT2D eigenvalue weighted by molar-refractivity contribution is 5.70. The van der Waals surface area contributed by atoms with E-state index in [9.17, 15) is 9.90 Å². The Morgan fingerprint density at radius 1 is 1.33 bits per heavy atom. The molecule has 2 unspecified atom stereocenters. The number of hydrogen-bond acceptors (Lipinski definition) is 4. The minimum Gasteiger partial charge on any atom is -0.497 e. The quantitative estimate of drug-likeness (QED) is 0.903. The summed E-state index contributed by atoms with van der Waals surface area (Å²) < 4.78 is 10.6. The number of carboxylic acid groups (broad SMARTS) is 1. The fourth-order valence-corrected chi connectivity index (χ4v) is 2.80. The monoisotopic (exact) mass is 293 g/mol. The summed E-state index contributed by atoms with van der Waals surface area (Å²) in [6.07, 6.45) is 1.67. The van der Waals surface area contributed by atoms with Crippen molar-refractivity contribution in [1.29, 1.82) is 0 Å². The molecule has 1 heterocycles. The number of ether oxygens (including phenoxy) is 2. The van der Waals surface area contributed by atoms with Crippen molar-refractivity contribution in [3.05, 3.63) is 23.8 Å². The lowest BCUT2D eigenvalue weighted by molar-refractivity contribution is -0.144. The van der Waals surface area contributed by atoms with Gasteiger partial charge in [-0.2, -0.15) is 0 Å². The maximum absolute atomic E-state index is 11.2. The van der Waals surface area contributed by atoms with Crippen LogP contribution in [0.15, 0.2) is 18.2 Å². The third-order valence-electron chi connectivity index (χ3n) is 4.23. The van der Waals surface area contributed by atoms with E-state index in [2.05, 4.69) is 11.8 Å². The molecule has 0 aliphatic carbocycles. The molecule has 5 nitrogen and oxygen atoms in total. The summed E-state index contributed by atoms with van der Waals surface area (Å²) in [5, 5.41) is 9.21. The minimum absolute atomic E-state index is 0.273. The molecule has 2 atom stereocenters. The molecule has 0 saturated carbocycles. The molecule has 1 aliphatic heterocycles. The molecule has 1 fully saturated rings. The summed E-state index contributed by atoms with van der Waals surface area (Å²) in [6, 6.07) is 6.13. The lowest BCUT2D eigenvalue weighted by Gasteiger charge is -2.36. The average molecular weight is 293 g/mol. The summed E-state index contributed by atoms with van der Waals surface area (Å²) in [5.74, 6) is 0.559. The minimum atomic E-state index is -0.700. The predicted molar refractivity (Wildman–Crippen MR) is 79.8 cm³/mol. The summed E-state index contributed by atoms with van der Waals surface area (Å²) >= 11 is 0. The molecule has 1 aliphatic rings. The van der Waals surface area contributed by atoms with Gasteiger partial charge in [-0.3, -0.25) is 9.69 Å². The molecule has 0 radical (unpaired) electrons. The van der Waals surface area contributed by atoms with Crippen molar-refractivity contribution in [2.24, 2.45) is 5.92 Å². The normalized spacial score (nSPS) is 22.8. The van der Waals surface area contributed by atoms with Crippen molar-refractivity contribution >= 4 is 5.97 Å². The van der Waals surface area contributed by atoms with Crippen LogP contribution in [0.5, 0.6) is 11.5 Å². The molecule has 1 aromatic carbocycles. The van der Waals surface area contributed by atoms with Crippen LogP contribution in [0.1, 0.15) is 25.3 Å². The Labute approximate surface area is 125 Å². The molecule has 2 rings (SSSR count). The molecule has 21 heavy (non-hydrogen) atoms. The molecule has 0 spiro atoms. The predicted octanol–water partition coefficient (Wildman–Crippen LogP) is 2.39. The van der Waals surface area contributed by atoms with E-state index >= 15 is 0 Å². The Hall–Kier alpha value is -1.75. The van der Waals surface area contributed by atoms with Crippen LogP contribution >= 0.6 is 0 Å². The van der Waals surface area contributed by atoms with Crippen LogP contribution in [0.2, 0.25) is 0 Å². The van der Waals surface area contributed by atoms with Crippen molar-refractivity contribution in [2.75, 3.05) is 20.8 Å². The van der Waals surface area contributed by atoms with E-state index < -0.39 is 5.97 Å². The number of likely N-dealkylation sites (tertiary alicyclic amines) is 1. The number of benzene rings is 1. The van der Waals surface area contributed by atoms with Gasteiger partial charge in [-0.25, -0.2) is 0 Å². The highest BCUT2D eigenvalue weighted by Gasteiger charge is 2.30. The Bertz CT molecular complexity index is 503. The maximum Gasteiger partial charge on any atom is 0.307 e. The highest BCUT2D eigenvalue weighted by Crippen LogP contribution is 2.29. The second kappa shape index (κ2) is 6.80. The first-order valence-electron chi connectivity index (χ1n) is 7.23. The van der Waals surface area contributed by atoms with E-state index in [1.807, 2.05) is 18.2 Å². The van der Waals surface area contributed by atoms with Crippen LogP contribution in [0, 0.1) is 5.92 Å². The second-order valence-electron chi connectivity index (χ2n) is 5.57. The zero-order chi connectivity index (χ0) is 15.4. The van der Waals surface area contributed by atoms with Gasteiger partial charge in [0, 0.05) is 30.8 Å². The first-order chi connectivity index (χ1) is 10.0. The molecule has 1 N–H and O–H groups in total. The van der Waals surface area contributed by atoms with Crippen LogP contribution in [-0.4, -0.2) is 42.8 Å². The van der Waals surface area contributed by atoms with Crippen LogP contribution in [-0.2, 0) is 11.3 Å². The Balaban J connectivity index is 2.14. The number of carbonyl (C=O) groups is 1. The van der Waals surface area contributed by atoms with E-state index in [0.717, 1.165) is 29.9 Å². The van der Waals surface area contributed by atoms with Gasteiger partial charge < -0.3 is 14.6 Å².